The fraction of sp³-hybridized carbons (Fsp3) is 0.455. The molecule has 1 aromatic heterocycles. The van der Waals surface area contributed by atoms with E-state index < -0.39 is 12.1 Å². The average Bonchev–Trinajstić information content (AvgIpc) is 2.36. The van der Waals surface area contributed by atoms with Crippen LogP contribution in [0.1, 0.15) is 18.6 Å². The predicted octanol–water partition coefficient (Wildman–Crippen LogP) is -0.0794. The molecule has 0 aromatic carbocycles. The van der Waals surface area contributed by atoms with Gasteiger partial charge in [0.2, 0.25) is 5.91 Å². The number of carbonyl (C=O) groups is 1. The normalized spacial score (nSPS) is 14.2. The van der Waals surface area contributed by atoms with Crippen LogP contribution in [-0.4, -0.2) is 40.5 Å². The van der Waals surface area contributed by atoms with Crippen LogP contribution in [-0.2, 0) is 4.79 Å². The van der Waals surface area contributed by atoms with Crippen LogP contribution in [0.25, 0.3) is 0 Å². The fourth-order valence-corrected chi connectivity index (χ4v) is 1.31. The Morgan fingerprint density at radius 2 is 2.12 bits per heavy atom. The summed E-state index contributed by atoms with van der Waals surface area (Å²) in [5.74, 6) is -0.271. The van der Waals surface area contributed by atoms with E-state index in [1.165, 1.54) is 4.90 Å². The van der Waals surface area contributed by atoms with Crippen molar-refractivity contribution in [1.82, 2.24) is 9.88 Å². The number of aliphatic hydroxyl groups excluding tert-OH is 1. The Kier molecular flexibility index (Phi) is 4.39. The summed E-state index contributed by atoms with van der Waals surface area (Å²) in [6.45, 7) is 2.42. The van der Waals surface area contributed by atoms with Crippen LogP contribution >= 0.6 is 0 Å². The molecule has 0 bridgehead atoms. The molecular formula is C11H17N3O2. The lowest BCUT2D eigenvalue weighted by atomic mass is 10.0. The van der Waals surface area contributed by atoms with Gasteiger partial charge >= 0.3 is 0 Å². The number of nitrogens with two attached hydrogens (primary N) is 1. The van der Waals surface area contributed by atoms with E-state index in [4.69, 9.17) is 5.73 Å². The Bertz CT molecular complexity index is 342. The molecule has 0 saturated carbocycles. The monoisotopic (exact) mass is 223 g/mol. The third kappa shape index (κ3) is 2.77. The van der Waals surface area contributed by atoms with E-state index in [-0.39, 0.29) is 5.91 Å². The number of pyridine rings is 1. The number of aromatic nitrogens is 1. The van der Waals surface area contributed by atoms with Crippen LogP contribution in [0.15, 0.2) is 24.5 Å². The van der Waals surface area contributed by atoms with Crippen LogP contribution in [0.2, 0.25) is 0 Å². The maximum absolute atomic E-state index is 11.7. The molecule has 3 N–H and O–H groups in total. The Labute approximate surface area is 94.9 Å². The third-order valence-electron chi connectivity index (χ3n) is 2.52. The average molecular weight is 223 g/mol. The summed E-state index contributed by atoms with van der Waals surface area (Å²) >= 11 is 0. The largest absolute Gasteiger partial charge is 0.386 e. The van der Waals surface area contributed by atoms with Gasteiger partial charge in [0.1, 0.15) is 12.1 Å². The second-order valence-corrected chi connectivity index (χ2v) is 3.60. The molecule has 2 atom stereocenters. The van der Waals surface area contributed by atoms with Crippen molar-refractivity contribution >= 4 is 5.91 Å². The lowest BCUT2D eigenvalue weighted by Gasteiger charge is -2.23. The van der Waals surface area contributed by atoms with Gasteiger partial charge in [-0.25, -0.2) is 0 Å². The SMILES string of the molecule is CCN(C)C(=O)[C@H](N)[C@@H](O)c1ccncc1. The highest BCUT2D eigenvalue weighted by Gasteiger charge is 2.25. The van der Waals surface area contributed by atoms with Gasteiger partial charge in [-0.3, -0.25) is 9.78 Å². The highest BCUT2D eigenvalue weighted by atomic mass is 16.3. The van der Waals surface area contributed by atoms with Gasteiger partial charge in [-0.1, -0.05) is 0 Å². The Hall–Kier alpha value is -1.46. The number of hydrogen-bond acceptors (Lipinski definition) is 4. The summed E-state index contributed by atoms with van der Waals surface area (Å²) in [5.41, 5.74) is 6.31. The molecule has 5 nitrogen and oxygen atoms in total. The number of amides is 1. The number of rotatable bonds is 4. The first-order valence-electron chi connectivity index (χ1n) is 5.16. The first kappa shape index (κ1) is 12.6. The molecule has 1 amide bonds. The zero-order valence-electron chi connectivity index (χ0n) is 9.50. The van der Waals surface area contributed by atoms with Gasteiger partial charge in [0.15, 0.2) is 0 Å². The topological polar surface area (TPSA) is 79.5 Å². The van der Waals surface area contributed by atoms with Crippen LogP contribution in [0, 0.1) is 0 Å². The number of nitrogens with zero attached hydrogens (tertiary/aromatic N) is 2. The Morgan fingerprint density at radius 1 is 1.56 bits per heavy atom. The van der Waals surface area contributed by atoms with Crippen molar-refractivity contribution in [3.05, 3.63) is 30.1 Å². The summed E-state index contributed by atoms with van der Waals surface area (Å²) in [7, 11) is 1.65. The number of aliphatic hydroxyl groups is 1. The standard InChI is InChI=1S/C11H17N3O2/c1-3-14(2)11(16)9(12)10(15)8-4-6-13-7-5-8/h4-7,9-10,15H,3,12H2,1-2H3/t9-,10+/m1/s1. The molecule has 0 radical (unpaired) electrons. The van der Waals surface area contributed by atoms with Crippen LogP contribution in [0.4, 0.5) is 0 Å². The molecule has 0 aliphatic carbocycles. The van der Waals surface area contributed by atoms with E-state index in [1.54, 1.807) is 31.6 Å². The van der Waals surface area contributed by atoms with Crippen molar-refractivity contribution in [3.63, 3.8) is 0 Å². The summed E-state index contributed by atoms with van der Waals surface area (Å²) < 4.78 is 0. The van der Waals surface area contributed by atoms with Crippen molar-refractivity contribution in [2.75, 3.05) is 13.6 Å². The predicted molar refractivity (Wildman–Crippen MR) is 60.5 cm³/mol. The smallest absolute Gasteiger partial charge is 0.242 e. The van der Waals surface area contributed by atoms with E-state index >= 15 is 0 Å². The summed E-state index contributed by atoms with van der Waals surface area (Å²) in [6, 6.07) is 2.35. The molecule has 1 aromatic rings. The molecule has 16 heavy (non-hydrogen) atoms. The highest BCUT2D eigenvalue weighted by molar-refractivity contribution is 5.82. The molecule has 88 valence electrons. The van der Waals surface area contributed by atoms with Gasteiger partial charge in [-0.15, -0.1) is 0 Å². The maximum atomic E-state index is 11.7. The second-order valence-electron chi connectivity index (χ2n) is 3.60. The van der Waals surface area contributed by atoms with E-state index in [2.05, 4.69) is 4.98 Å². The van der Waals surface area contributed by atoms with Crippen molar-refractivity contribution < 1.29 is 9.90 Å². The summed E-state index contributed by atoms with van der Waals surface area (Å²) in [4.78, 5) is 17.0. The lowest BCUT2D eigenvalue weighted by Crippen LogP contribution is -2.45. The minimum Gasteiger partial charge on any atom is -0.386 e. The quantitative estimate of drug-likeness (QED) is 0.748. The zero-order valence-corrected chi connectivity index (χ0v) is 9.50. The van der Waals surface area contributed by atoms with Gasteiger partial charge in [-0.2, -0.15) is 0 Å². The zero-order chi connectivity index (χ0) is 12.1. The first-order valence-corrected chi connectivity index (χ1v) is 5.16. The van der Waals surface area contributed by atoms with Crippen LogP contribution in [0.3, 0.4) is 0 Å². The molecule has 0 aliphatic heterocycles. The lowest BCUT2D eigenvalue weighted by molar-refractivity contribution is -0.133. The Morgan fingerprint density at radius 3 is 2.62 bits per heavy atom. The molecule has 0 saturated heterocycles. The minimum absolute atomic E-state index is 0.271. The second kappa shape index (κ2) is 5.58. The summed E-state index contributed by atoms with van der Waals surface area (Å²) in [6.07, 6.45) is 2.11. The van der Waals surface area contributed by atoms with Crippen molar-refractivity contribution in [2.45, 2.75) is 19.1 Å². The van der Waals surface area contributed by atoms with E-state index in [9.17, 15) is 9.90 Å². The van der Waals surface area contributed by atoms with Gasteiger partial charge in [0.25, 0.3) is 0 Å². The van der Waals surface area contributed by atoms with Crippen molar-refractivity contribution in [2.24, 2.45) is 5.73 Å². The fourth-order valence-electron chi connectivity index (χ4n) is 1.31. The van der Waals surface area contributed by atoms with Gasteiger partial charge < -0.3 is 15.7 Å². The van der Waals surface area contributed by atoms with Crippen LogP contribution in [0.5, 0.6) is 0 Å². The number of hydrogen-bond donors (Lipinski definition) is 2. The molecule has 0 unspecified atom stereocenters. The van der Waals surface area contributed by atoms with Gasteiger partial charge in [0.05, 0.1) is 0 Å². The van der Waals surface area contributed by atoms with Crippen molar-refractivity contribution in [1.29, 1.82) is 0 Å². The number of likely N-dealkylation sites (N-methyl/N-ethyl adjacent to an activating group) is 1. The molecule has 5 heteroatoms. The Balaban J connectivity index is 2.75. The minimum atomic E-state index is -0.996. The molecule has 0 spiro atoms. The molecule has 1 rings (SSSR count). The van der Waals surface area contributed by atoms with Crippen LogP contribution < -0.4 is 5.73 Å². The number of carbonyl (C=O) groups excluding carboxylic acids is 1. The van der Waals surface area contributed by atoms with Gasteiger partial charge in [0, 0.05) is 26.0 Å². The van der Waals surface area contributed by atoms with Crippen molar-refractivity contribution in [3.8, 4) is 0 Å². The highest BCUT2D eigenvalue weighted by Crippen LogP contribution is 2.15. The van der Waals surface area contributed by atoms with E-state index in [1.807, 2.05) is 6.92 Å². The maximum Gasteiger partial charge on any atom is 0.242 e. The molecule has 0 aliphatic rings. The third-order valence-corrected chi connectivity index (χ3v) is 2.52. The molecule has 1 heterocycles. The molecule has 0 fully saturated rings. The first-order chi connectivity index (χ1) is 7.57. The van der Waals surface area contributed by atoms with Gasteiger partial charge in [-0.05, 0) is 24.6 Å². The molecular weight excluding hydrogens is 206 g/mol. The van der Waals surface area contributed by atoms with E-state index in [0.717, 1.165) is 0 Å². The van der Waals surface area contributed by atoms with E-state index in [0.29, 0.717) is 12.1 Å². The summed E-state index contributed by atoms with van der Waals surface area (Å²) in [5, 5.41) is 9.90.